The van der Waals surface area contributed by atoms with Crippen LogP contribution in [0.5, 0.6) is 0 Å². The van der Waals surface area contributed by atoms with Crippen LogP contribution in [0, 0.1) is 0 Å². The Morgan fingerprint density at radius 2 is 1.88 bits per heavy atom. The van der Waals surface area contributed by atoms with E-state index in [0.717, 1.165) is 16.6 Å². The number of pyridine rings is 1. The highest BCUT2D eigenvalue weighted by molar-refractivity contribution is 5.82. The average Bonchev–Trinajstić information content (AvgIpc) is 2.93. The van der Waals surface area contributed by atoms with Crippen LogP contribution in [0.1, 0.15) is 17.2 Å². The van der Waals surface area contributed by atoms with Gasteiger partial charge in [-0.05, 0) is 23.3 Å². The van der Waals surface area contributed by atoms with Gasteiger partial charge in [-0.1, -0.05) is 36.4 Å². The first-order valence-corrected chi connectivity index (χ1v) is 8.27. The first kappa shape index (κ1) is 15.6. The molecule has 3 aromatic rings. The van der Waals surface area contributed by atoms with Crippen LogP contribution in [0.4, 0.5) is 0 Å². The molecule has 2 atom stereocenters. The summed E-state index contributed by atoms with van der Waals surface area (Å²) < 4.78 is 1.75. The highest BCUT2D eigenvalue weighted by atomic mass is 16.3. The van der Waals surface area contributed by atoms with Gasteiger partial charge in [-0.2, -0.15) is 0 Å². The summed E-state index contributed by atoms with van der Waals surface area (Å²) in [5.41, 5.74) is 2.69. The maximum atomic E-state index is 12.5. The summed E-state index contributed by atoms with van der Waals surface area (Å²) >= 11 is 0. The molecule has 0 fully saturated rings. The zero-order valence-corrected chi connectivity index (χ0v) is 13.6. The third-order valence-corrected chi connectivity index (χ3v) is 4.72. The minimum atomic E-state index is -0.618. The van der Waals surface area contributed by atoms with Crippen molar-refractivity contribution in [2.75, 3.05) is 0 Å². The van der Waals surface area contributed by atoms with Gasteiger partial charge in [-0.25, -0.2) is 0 Å². The lowest BCUT2D eigenvalue weighted by Gasteiger charge is -2.19. The summed E-state index contributed by atoms with van der Waals surface area (Å²) in [5, 5.41) is 13.8. The third kappa shape index (κ3) is 2.83. The second-order valence-electron chi connectivity index (χ2n) is 6.34. The van der Waals surface area contributed by atoms with Crippen LogP contribution in [-0.2, 0) is 17.8 Å². The fraction of sp³-hybridized carbons (Fsp3) is 0.200. The molecule has 1 heterocycles. The number of aromatic nitrogens is 1. The van der Waals surface area contributed by atoms with E-state index in [0.29, 0.717) is 11.8 Å². The van der Waals surface area contributed by atoms with Crippen LogP contribution in [0.15, 0.2) is 65.6 Å². The van der Waals surface area contributed by atoms with Crippen molar-refractivity contribution in [3.8, 4) is 0 Å². The molecule has 0 radical (unpaired) electrons. The van der Waals surface area contributed by atoms with Gasteiger partial charge in [0.25, 0.3) is 0 Å². The number of hydrogen-bond acceptors (Lipinski definition) is 3. The molecule has 2 N–H and O–H groups in total. The van der Waals surface area contributed by atoms with Crippen molar-refractivity contribution in [1.82, 2.24) is 9.88 Å². The van der Waals surface area contributed by atoms with Crippen LogP contribution in [0.3, 0.4) is 0 Å². The Labute approximate surface area is 144 Å². The molecular formula is C20H18N2O3. The molecule has 1 aliphatic carbocycles. The van der Waals surface area contributed by atoms with Gasteiger partial charge in [-0.3, -0.25) is 9.59 Å². The monoisotopic (exact) mass is 334 g/mol. The first-order chi connectivity index (χ1) is 12.1. The molecule has 4 rings (SSSR count). The standard InChI is InChI=1S/C20H18N2O3/c23-17-9-10-22(16-8-4-3-7-15(16)17)12-19(25)21-20-14-6-2-1-5-13(14)11-18(20)24/h1-10,18,20,24H,11-12H2,(H,21,25). The van der Waals surface area contributed by atoms with E-state index in [1.54, 1.807) is 22.9 Å². The van der Waals surface area contributed by atoms with Gasteiger partial charge in [0.15, 0.2) is 5.43 Å². The number of carbonyl (C=O) groups is 1. The fourth-order valence-electron chi connectivity index (χ4n) is 3.52. The van der Waals surface area contributed by atoms with E-state index in [1.165, 1.54) is 6.07 Å². The van der Waals surface area contributed by atoms with Crippen LogP contribution in [0.25, 0.3) is 10.9 Å². The molecule has 0 saturated carbocycles. The molecular weight excluding hydrogens is 316 g/mol. The Balaban J connectivity index is 1.58. The Morgan fingerprint density at radius 1 is 1.12 bits per heavy atom. The van der Waals surface area contributed by atoms with Crippen molar-refractivity contribution < 1.29 is 9.90 Å². The molecule has 2 unspecified atom stereocenters. The Morgan fingerprint density at radius 3 is 2.76 bits per heavy atom. The maximum absolute atomic E-state index is 12.5. The minimum Gasteiger partial charge on any atom is -0.390 e. The number of para-hydroxylation sites is 1. The molecule has 1 aliphatic rings. The van der Waals surface area contributed by atoms with Gasteiger partial charge in [0.2, 0.25) is 5.91 Å². The molecule has 0 bridgehead atoms. The van der Waals surface area contributed by atoms with Crippen LogP contribution in [0.2, 0.25) is 0 Å². The van der Waals surface area contributed by atoms with E-state index in [9.17, 15) is 14.7 Å². The zero-order chi connectivity index (χ0) is 17.4. The van der Waals surface area contributed by atoms with Crippen LogP contribution >= 0.6 is 0 Å². The SMILES string of the molecule is O=C(Cn1ccc(=O)c2ccccc21)NC1c2ccccc2CC1O. The Kier molecular flexibility index (Phi) is 3.86. The number of rotatable bonds is 3. The summed E-state index contributed by atoms with van der Waals surface area (Å²) in [7, 11) is 0. The number of fused-ring (bicyclic) bond motifs is 2. The number of amides is 1. The first-order valence-electron chi connectivity index (χ1n) is 8.27. The molecule has 5 heteroatoms. The highest BCUT2D eigenvalue weighted by Gasteiger charge is 2.31. The number of carbonyl (C=O) groups excluding carboxylic acids is 1. The summed E-state index contributed by atoms with van der Waals surface area (Å²) in [6.07, 6.45) is 1.55. The van der Waals surface area contributed by atoms with Gasteiger partial charge in [0.1, 0.15) is 6.54 Å². The largest absolute Gasteiger partial charge is 0.390 e. The predicted molar refractivity (Wildman–Crippen MR) is 95.2 cm³/mol. The van der Waals surface area contributed by atoms with E-state index in [2.05, 4.69) is 5.32 Å². The minimum absolute atomic E-state index is 0.0626. The smallest absolute Gasteiger partial charge is 0.240 e. The second-order valence-corrected chi connectivity index (χ2v) is 6.34. The van der Waals surface area contributed by atoms with E-state index >= 15 is 0 Å². The molecule has 25 heavy (non-hydrogen) atoms. The maximum Gasteiger partial charge on any atom is 0.240 e. The topological polar surface area (TPSA) is 71.3 Å². The van der Waals surface area contributed by atoms with Crippen molar-refractivity contribution >= 4 is 16.8 Å². The molecule has 1 aromatic heterocycles. The molecule has 0 saturated heterocycles. The number of nitrogens with one attached hydrogen (secondary N) is 1. The van der Waals surface area contributed by atoms with Crippen molar-refractivity contribution in [1.29, 1.82) is 0 Å². The van der Waals surface area contributed by atoms with Crippen LogP contribution in [-0.4, -0.2) is 21.7 Å². The molecule has 126 valence electrons. The predicted octanol–water partition coefficient (Wildman–Crippen LogP) is 1.78. The molecule has 0 spiro atoms. The number of hydrogen-bond donors (Lipinski definition) is 2. The number of nitrogens with zero attached hydrogens (tertiary/aromatic N) is 1. The zero-order valence-electron chi connectivity index (χ0n) is 13.6. The lowest BCUT2D eigenvalue weighted by atomic mass is 10.1. The van der Waals surface area contributed by atoms with Crippen molar-refractivity contribution in [3.63, 3.8) is 0 Å². The summed E-state index contributed by atoms with van der Waals surface area (Å²) in [6.45, 7) is 0.0895. The Bertz CT molecular complexity index is 1010. The quantitative estimate of drug-likeness (QED) is 0.767. The molecule has 2 aromatic carbocycles. The molecule has 0 aliphatic heterocycles. The van der Waals surface area contributed by atoms with Gasteiger partial charge in [0, 0.05) is 24.1 Å². The van der Waals surface area contributed by atoms with E-state index in [1.807, 2.05) is 36.4 Å². The van der Waals surface area contributed by atoms with Crippen LogP contribution < -0.4 is 10.7 Å². The van der Waals surface area contributed by atoms with Crippen molar-refractivity contribution in [2.45, 2.75) is 25.1 Å². The van der Waals surface area contributed by atoms with Gasteiger partial charge < -0.3 is 15.0 Å². The summed E-state index contributed by atoms with van der Waals surface area (Å²) in [6, 6.07) is 16.0. The normalized spacial score (nSPS) is 18.9. The number of benzene rings is 2. The Hall–Kier alpha value is -2.92. The fourth-order valence-corrected chi connectivity index (χ4v) is 3.52. The van der Waals surface area contributed by atoms with Gasteiger partial charge in [-0.15, -0.1) is 0 Å². The summed E-state index contributed by atoms with van der Waals surface area (Å²) in [5.74, 6) is -0.199. The number of aliphatic hydroxyl groups is 1. The molecule has 1 amide bonds. The van der Waals surface area contributed by atoms with Gasteiger partial charge >= 0.3 is 0 Å². The van der Waals surface area contributed by atoms with Crippen molar-refractivity contribution in [2.24, 2.45) is 0 Å². The number of aliphatic hydroxyl groups excluding tert-OH is 1. The van der Waals surface area contributed by atoms with E-state index < -0.39 is 12.1 Å². The highest BCUT2D eigenvalue weighted by Crippen LogP contribution is 2.31. The lowest BCUT2D eigenvalue weighted by molar-refractivity contribution is -0.123. The third-order valence-electron chi connectivity index (χ3n) is 4.72. The second kappa shape index (κ2) is 6.18. The molecule has 5 nitrogen and oxygen atoms in total. The van der Waals surface area contributed by atoms with E-state index in [4.69, 9.17) is 0 Å². The van der Waals surface area contributed by atoms with Crippen molar-refractivity contribution in [3.05, 3.63) is 82.1 Å². The lowest BCUT2D eigenvalue weighted by Crippen LogP contribution is -2.36. The van der Waals surface area contributed by atoms with E-state index in [-0.39, 0.29) is 17.9 Å². The average molecular weight is 334 g/mol. The summed E-state index contributed by atoms with van der Waals surface area (Å²) in [4.78, 5) is 24.5. The van der Waals surface area contributed by atoms with Gasteiger partial charge in [0.05, 0.1) is 17.7 Å².